The normalized spacial score (nSPS) is 12.1. The number of hydrogen-bond acceptors (Lipinski definition) is 5. The highest BCUT2D eigenvalue weighted by Crippen LogP contribution is 2.35. The Morgan fingerprint density at radius 1 is 0.975 bits per heavy atom. The number of nitrogens with zero attached hydrogens (tertiary/aromatic N) is 2. The molecule has 2 amide bonds. The number of benzene rings is 3. The zero-order valence-corrected chi connectivity index (χ0v) is 25.0. The fourth-order valence-electron chi connectivity index (χ4n) is 4.18. The molecular weight excluding hydrogens is 550 g/mol. The number of nitrogens with one attached hydrogen (secondary N) is 1. The number of anilines is 1. The van der Waals surface area contributed by atoms with Gasteiger partial charge in [-0.1, -0.05) is 59.6 Å². The van der Waals surface area contributed by atoms with Crippen LogP contribution in [-0.4, -0.2) is 57.4 Å². The van der Waals surface area contributed by atoms with E-state index in [4.69, 9.17) is 16.3 Å². The molecule has 0 saturated carbocycles. The number of sulfonamides is 1. The van der Waals surface area contributed by atoms with Gasteiger partial charge >= 0.3 is 0 Å². The number of carbonyl (C=O) groups excluding carboxylic acids is 2. The maximum atomic E-state index is 14.0. The van der Waals surface area contributed by atoms with E-state index in [2.05, 4.69) is 5.32 Å². The van der Waals surface area contributed by atoms with Crippen LogP contribution in [0.1, 0.15) is 31.9 Å². The Hall–Kier alpha value is -3.56. The van der Waals surface area contributed by atoms with Gasteiger partial charge in [-0.05, 0) is 70.0 Å². The van der Waals surface area contributed by atoms with Crippen LogP contribution < -0.4 is 14.4 Å². The van der Waals surface area contributed by atoms with Crippen LogP contribution >= 0.6 is 11.6 Å². The lowest BCUT2D eigenvalue weighted by Gasteiger charge is -2.32. The number of carbonyl (C=O) groups is 2. The average Bonchev–Trinajstić information content (AvgIpc) is 2.92. The van der Waals surface area contributed by atoms with Crippen LogP contribution in [0.4, 0.5) is 5.69 Å². The second-order valence-electron chi connectivity index (χ2n) is 9.80. The van der Waals surface area contributed by atoms with E-state index in [1.165, 1.54) is 30.2 Å². The second-order valence-corrected chi connectivity index (χ2v) is 12.1. The van der Waals surface area contributed by atoms with Gasteiger partial charge in [0.2, 0.25) is 11.8 Å². The van der Waals surface area contributed by atoms with Crippen molar-refractivity contribution in [1.82, 2.24) is 10.2 Å². The predicted octanol–water partition coefficient (Wildman–Crippen LogP) is 4.84. The number of aryl methyl sites for hydroxylation is 1. The van der Waals surface area contributed by atoms with E-state index in [1.54, 1.807) is 31.2 Å². The zero-order chi connectivity index (χ0) is 29.4. The maximum absolute atomic E-state index is 14.0. The molecule has 0 fully saturated rings. The van der Waals surface area contributed by atoms with Gasteiger partial charge in [0.25, 0.3) is 10.0 Å². The van der Waals surface area contributed by atoms with Crippen molar-refractivity contribution >= 4 is 39.1 Å². The Kier molecular flexibility index (Phi) is 10.6. The summed E-state index contributed by atoms with van der Waals surface area (Å²) in [4.78, 5) is 28.4. The molecule has 1 atom stereocenters. The van der Waals surface area contributed by atoms with Crippen LogP contribution in [-0.2, 0) is 26.0 Å². The Morgan fingerprint density at radius 2 is 1.62 bits per heavy atom. The minimum Gasteiger partial charge on any atom is -0.495 e. The first-order valence-corrected chi connectivity index (χ1v) is 14.8. The molecule has 0 aliphatic rings. The molecule has 0 radical (unpaired) electrons. The molecule has 0 saturated heterocycles. The Morgan fingerprint density at radius 3 is 2.23 bits per heavy atom. The molecule has 0 aliphatic heterocycles. The average molecular weight is 586 g/mol. The SMILES string of the molecule is COc1ccc(Cl)cc1N(CC(=O)N(CCc1ccccc1)[C@H](C)C(=O)NC(C)C)S(=O)(=O)c1ccc(C)cc1. The highest BCUT2D eigenvalue weighted by molar-refractivity contribution is 7.92. The molecular formula is C30H36ClN3O5S. The molecule has 10 heteroatoms. The molecule has 0 heterocycles. The Bertz CT molecular complexity index is 1410. The van der Waals surface area contributed by atoms with Gasteiger partial charge < -0.3 is 15.0 Å². The number of amides is 2. The van der Waals surface area contributed by atoms with Crippen molar-refractivity contribution in [3.63, 3.8) is 0 Å². The van der Waals surface area contributed by atoms with Crippen molar-refractivity contribution in [3.05, 3.63) is 88.9 Å². The van der Waals surface area contributed by atoms with Crippen LogP contribution in [0.25, 0.3) is 0 Å². The van der Waals surface area contributed by atoms with E-state index in [0.29, 0.717) is 6.42 Å². The number of ether oxygens (including phenoxy) is 1. The molecule has 0 aromatic heterocycles. The van der Waals surface area contributed by atoms with E-state index < -0.39 is 28.5 Å². The summed E-state index contributed by atoms with van der Waals surface area (Å²) in [6, 6.07) is 19.5. The van der Waals surface area contributed by atoms with E-state index in [-0.39, 0.29) is 39.8 Å². The Labute approximate surface area is 241 Å². The van der Waals surface area contributed by atoms with Crippen molar-refractivity contribution in [2.45, 2.75) is 51.1 Å². The van der Waals surface area contributed by atoms with Crippen molar-refractivity contribution in [2.24, 2.45) is 0 Å². The van der Waals surface area contributed by atoms with E-state index >= 15 is 0 Å². The molecule has 40 heavy (non-hydrogen) atoms. The number of halogens is 1. The largest absolute Gasteiger partial charge is 0.495 e. The summed E-state index contributed by atoms with van der Waals surface area (Å²) >= 11 is 6.27. The lowest BCUT2D eigenvalue weighted by Crippen LogP contribution is -2.53. The minimum absolute atomic E-state index is 0.00867. The molecule has 0 bridgehead atoms. The third-order valence-electron chi connectivity index (χ3n) is 6.38. The van der Waals surface area contributed by atoms with E-state index in [9.17, 15) is 18.0 Å². The van der Waals surface area contributed by atoms with Gasteiger partial charge in [-0.15, -0.1) is 0 Å². The summed E-state index contributed by atoms with van der Waals surface area (Å²) in [6.07, 6.45) is 0.483. The number of rotatable bonds is 12. The van der Waals surface area contributed by atoms with Crippen LogP contribution in [0.15, 0.2) is 77.7 Å². The summed E-state index contributed by atoms with van der Waals surface area (Å²) < 4.78 is 34.4. The highest BCUT2D eigenvalue weighted by Gasteiger charge is 2.34. The van der Waals surface area contributed by atoms with Crippen LogP contribution in [0.3, 0.4) is 0 Å². The first-order valence-electron chi connectivity index (χ1n) is 13.0. The summed E-state index contributed by atoms with van der Waals surface area (Å²) in [5.41, 5.74) is 1.99. The van der Waals surface area contributed by atoms with Crippen molar-refractivity contribution in [2.75, 3.05) is 24.5 Å². The summed E-state index contributed by atoms with van der Waals surface area (Å²) in [5, 5.41) is 3.12. The molecule has 8 nitrogen and oxygen atoms in total. The minimum atomic E-state index is -4.23. The quantitative estimate of drug-likeness (QED) is 0.328. The van der Waals surface area contributed by atoms with Crippen LogP contribution in [0.2, 0.25) is 5.02 Å². The predicted molar refractivity (Wildman–Crippen MR) is 158 cm³/mol. The van der Waals surface area contributed by atoms with Gasteiger partial charge in [0.1, 0.15) is 18.3 Å². The van der Waals surface area contributed by atoms with E-state index in [1.807, 2.05) is 51.1 Å². The molecule has 214 valence electrons. The standard InChI is InChI=1S/C30H36ClN3O5S/c1-21(2)32-30(36)23(4)33(18-17-24-9-7-6-8-10-24)29(35)20-34(27-19-25(31)13-16-28(27)39-5)40(37,38)26-14-11-22(3)12-15-26/h6-16,19,21,23H,17-18,20H2,1-5H3,(H,32,36)/t23-/m1/s1. The zero-order valence-electron chi connectivity index (χ0n) is 23.4. The third kappa shape index (κ3) is 7.76. The number of hydrogen-bond donors (Lipinski definition) is 1. The molecule has 0 unspecified atom stereocenters. The molecule has 3 rings (SSSR count). The second kappa shape index (κ2) is 13.7. The smallest absolute Gasteiger partial charge is 0.264 e. The van der Waals surface area contributed by atoms with E-state index in [0.717, 1.165) is 15.4 Å². The van der Waals surface area contributed by atoms with Crippen molar-refractivity contribution < 1.29 is 22.7 Å². The molecule has 3 aromatic rings. The van der Waals surface area contributed by atoms with Gasteiger partial charge in [0, 0.05) is 17.6 Å². The molecule has 3 aromatic carbocycles. The Balaban J connectivity index is 2.05. The number of methoxy groups -OCH3 is 1. The van der Waals surface area contributed by atoms with Gasteiger partial charge in [0.15, 0.2) is 0 Å². The van der Waals surface area contributed by atoms with Gasteiger partial charge in [-0.2, -0.15) is 0 Å². The summed E-state index contributed by atoms with van der Waals surface area (Å²) in [7, 11) is -2.82. The lowest BCUT2D eigenvalue weighted by atomic mass is 10.1. The monoisotopic (exact) mass is 585 g/mol. The van der Waals surface area contributed by atoms with Gasteiger partial charge in [-0.3, -0.25) is 13.9 Å². The molecule has 0 aliphatic carbocycles. The maximum Gasteiger partial charge on any atom is 0.264 e. The first kappa shape index (κ1) is 31.0. The van der Waals surface area contributed by atoms with Crippen LogP contribution in [0, 0.1) is 6.92 Å². The first-order chi connectivity index (χ1) is 18.9. The van der Waals surface area contributed by atoms with Gasteiger partial charge in [-0.25, -0.2) is 8.42 Å². The third-order valence-corrected chi connectivity index (χ3v) is 8.39. The van der Waals surface area contributed by atoms with Crippen molar-refractivity contribution in [1.29, 1.82) is 0 Å². The molecule has 0 spiro atoms. The summed E-state index contributed by atoms with van der Waals surface area (Å²) in [6.45, 7) is 6.80. The molecule has 1 N–H and O–H groups in total. The fourth-order valence-corrected chi connectivity index (χ4v) is 5.77. The van der Waals surface area contributed by atoms with Gasteiger partial charge in [0.05, 0.1) is 17.7 Å². The van der Waals surface area contributed by atoms with Crippen molar-refractivity contribution in [3.8, 4) is 5.75 Å². The van der Waals surface area contributed by atoms with Crippen LogP contribution in [0.5, 0.6) is 5.75 Å². The topological polar surface area (TPSA) is 96.0 Å². The highest BCUT2D eigenvalue weighted by atomic mass is 35.5. The summed E-state index contributed by atoms with van der Waals surface area (Å²) in [5.74, 6) is -0.640. The fraction of sp³-hybridized carbons (Fsp3) is 0.333. The lowest BCUT2D eigenvalue weighted by molar-refractivity contribution is -0.139.